The van der Waals surface area contributed by atoms with Crippen LogP contribution in [0.4, 0.5) is 13.2 Å². The van der Waals surface area contributed by atoms with Crippen molar-refractivity contribution in [2.75, 3.05) is 0 Å². The van der Waals surface area contributed by atoms with E-state index in [1.165, 1.54) is 12.1 Å². The molecule has 0 aliphatic heterocycles. The van der Waals surface area contributed by atoms with Gasteiger partial charge in [0.1, 0.15) is 5.75 Å². The van der Waals surface area contributed by atoms with E-state index in [-0.39, 0.29) is 12.4 Å². The van der Waals surface area contributed by atoms with Crippen molar-refractivity contribution in [2.45, 2.75) is 26.1 Å². The fraction of sp³-hybridized carbons (Fsp3) is 0.250. The average molecular weight is 311 g/mol. The van der Waals surface area contributed by atoms with E-state index >= 15 is 0 Å². The Kier molecular flexibility index (Phi) is 5.41. The maximum Gasteiger partial charge on any atom is 0.573 e. The number of aliphatic hydroxyl groups excluding tert-OH is 1. The summed E-state index contributed by atoms with van der Waals surface area (Å²) in [6, 6.07) is 13.2. The molecule has 0 radical (unpaired) electrons. The second kappa shape index (κ2) is 7.29. The van der Waals surface area contributed by atoms with E-state index in [2.05, 4.69) is 10.1 Å². The van der Waals surface area contributed by atoms with Crippen LogP contribution in [-0.4, -0.2) is 11.5 Å². The van der Waals surface area contributed by atoms with Gasteiger partial charge in [-0.15, -0.1) is 13.2 Å². The van der Waals surface area contributed by atoms with Gasteiger partial charge in [0.15, 0.2) is 0 Å². The second-order valence-electron chi connectivity index (χ2n) is 4.72. The lowest BCUT2D eigenvalue weighted by Gasteiger charge is -2.11. The number of alkyl halides is 3. The monoisotopic (exact) mass is 311 g/mol. The highest BCUT2D eigenvalue weighted by Crippen LogP contribution is 2.22. The number of ether oxygens (including phenoxy) is 1. The molecule has 6 heteroatoms. The Morgan fingerprint density at radius 2 is 1.55 bits per heavy atom. The van der Waals surface area contributed by atoms with Crippen LogP contribution < -0.4 is 10.1 Å². The zero-order valence-electron chi connectivity index (χ0n) is 11.7. The molecule has 0 unspecified atom stereocenters. The molecule has 2 N–H and O–H groups in total. The summed E-state index contributed by atoms with van der Waals surface area (Å²) in [7, 11) is 0. The summed E-state index contributed by atoms with van der Waals surface area (Å²) < 4.78 is 40.0. The summed E-state index contributed by atoms with van der Waals surface area (Å²) in [5, 5.41) is 12.4. The zero-order chi connectivity index (χ0) is 16.0. The van der Waals surface area contributed by atoms with Crippen molar-refractivity contribution in [3.63, 3.8) is 0 Å². The Labute approximate surface area is 126 Å². The lowest BCUT2D eigenvalue weighted by Crippen LogP contribution is -2.17. The Morgan fingerprint density at radius 1 is 0.909 bits per heavy atom. The first-order chi connectivity index (χ1) is 10.5. The molecule has 0 atom stereocenters. The molecule has 2 aromatic carbocycles. The van der Waals surface area contributed by atoms with Crippen LogP contribution in [-0.2, 0) is 19.7 Å². The van der Waals surface area contributed by atoms with E-state index in [0.717, 1.165) is 16.7 Å². The van der Waals surface area contributed by atoms with Crippen LogP contribution >= 0.6 is 0 Å². The first kappa shape index (κ1) is 16.3. The van der Waals surface area contributed by atoms with Gasteiger partial charge in [0.25, 0.3) is 0 Å². The predicted octanol–water partition coefficient (Wildman–Crippen LogP) is 3.37. The Balaban J connectivity index is 1.87. The maximum atomic E-state index is 12.0. The molecule has 0 saturated carbocycles. The highest BCUT2D eigenvalue weighted by atomic mass is 19.4. The molecule has 2 aromatic rings. The smallest absolute Gasteiger partial charge is 0.406 e. The number of nitrogens with one attached hydrogen (secondary N) is 1. The van der Waals surface area contributed by atoms with E-state index in [1.807, 2.05) is 24.3 Å². The minimum atomic E-state index is -4.67. The van der Waals surface area contributed by atoms with Gasteiger partial charge in [0.2, 0.25) is 0 Å². The lowest BCUT2D eigenvalue weighted by atomic mass is 10.1. The maximum absolute atomic E-state index is 12.0. The Morgan fingerprint density at radius 3 is 2.14 bits per heavy atom. The third kappa shape index (κ3) is 5.05. The first-order valence-electron chi connectivity index (χ1n) is 6.71. The molecule has 0 aliphatic carbocycles. The quantitative estimate of drug-likeness (QED) is 0.859. The van der Waals surface area contributed by atoms with Gasteiger partial charge in [-0.1, -0.05) is 36.4 Å². The molecule has 2 rings (SSSR count). The van der Waals surface area contributed by atoms with Crippen LogP contribution in [0.5, 0.6) is 5.75 Å². The topological polar surface area (TPSA) is 41.5 Å². The van der Waals surface area contributed by atoms with E-state index in [1.54, 1.807) is 12.1 Å². The highest BCUT2D eigenvalue weighted by molar-refractivity contribution is 5.28. The summed E-state index contributed by atoms with van der Waals surface area (Å²) in [5.74, 6) is -0.234. The average Bonchev–Trinajstić information content (AvgIpc) is 2.48. The van der Waals surface area contributed by atoms with E-state index in [9.17, 15) is 18.3 Å². The molecule has 0 spiro atoms. The van der Waals surface area contributed by atoms with Gasteiger partial charge in [0.05, 0.1) is 6.61 Å². The fourth-order valence-corrected chi connectivity index (χ4v) is 2.03. The van der Waals surface area contributed by atoms with Crippen LogP contribution in [0.3, 0.4) is 0 Å². The number of rotatable bonds is 6. The molecule has 0 fully saturated rings. The van der Waals surface area contributed by atoms with Crippen molar-refractivity contribution >= 4 is 0 Å². The first-order valence-corrected chi connectivity index (χ1v) is 6.71. The lowest BCUT2D eigenvalue weighted by molar-refractivity contribution is -0.274. The van der Waals surface area contributed by atoms with Crippen LogP contribution in [0.1, 0.15) is 16.7 Å². The zero-order valence-corrected chi connectivity index (χ0v) is 11.7. The molecule has 0 amide bonds. The molecule has 0 bridgehead atoms. The number of benzene rings is 2. The van der Waals surface area contributed by atoms with Crippen LogP contribution in [0.2, 0.25) is 0 Å². The van der Waals surface area contributed by atoms with Gasteiger partial charge in [-0.3, -0.25) is 0 Å². The third-order valence-corrected chi connectivity index (χ3v) is 3.09. The molecule has 22 heavy (non-hydrogen) atoms. The van der Waals surface area contributed by atoms with Crippen molar-refractivity contribution in [1.29, 1.82) is 0 Å². The molecule has 3 nitrogen and oxygen atoms in total. The molecule has 118 valence electrons. The molecule has 0 heterocycles. The third-order valence-electron chi connectivity index (χ3n) is 3.09. The van der Waals surface area contributed by atoms with E-state index < -0.39 is 6.36 Å². The fourth-order valence-electron chi connectivity index (χ4n) is 2.03. The van der Waals surface area contributed by atoms with Crippen molar-refractivity contribution in [1.82, 2.24) is 5.32 Å². The number of hydrogen-bond acceptors (Lipinski definition) is 3. The normalized spacial score (nSPS) is 11.5. The van der Waals surface area contributed by atoms with Crippen LogP contribution in [0, 0.1) is 0 Å². The molecular weight excluding hydrogens is 295 g/mol. The molecular formula is C16H16F3NO2. The summed E-state index contributed by atoms with van der Waals surface area (Å²) >= 11 is 0. The van der Waals surface area contributed by atoms with E-state index in [0.29, 0.717) is 13.1 Å². The minimum absolute atomic E-state index is 0.0265. The van der Waals surface area contributed by atoms with Gasteiger partial charge in [-0.2, -0.15) is 0 Å². The predicted molar refractivity (Wildman–Crippen MR) is 76.0 cm³/mol. The molecule has 0 aliphatic rings. The van der Waals surface area contributed by atoms with Crippen molar-refractivity contribution < 1.29 is 23.0 Å². The second-order valence-corrected chi connectivity index (χ2v) is 4.72. The summed E-state index contributed by atoms with van der Waals surface area (Å²) in [6.07, 6.45) is -4.67. The van der Waals surface area contributed by atoms with Gasteiger partial charge in [-0.05, 0) is 28.8 Å². The largest absolute Gasteiger partial charge is 0.573 e. The number of halogens is 3. The number of aliphatic hydroxyl groups is 1. The van der Waals surface area contributed by atoms with Crippen molar-refractivity contribution in [3.8, 4) is 5.75 Å². The Hall–Kier alpha value is -2.05. The van der Waals surface area contributed by atoms with E-state index in [4.69, 9.17) is 0 Å². The van der Waals surface area contributed by atoms with Crippen LogP contribution in [0.25, 0.3) is 0 Å². The SMILES string of the molecule is OCc1ccccc1CNCc1ccc(OC(F)(F)F)cc1. The highest BCUT2D eigenvalue weighted by Gasteiger charge is 2.30. The minimum Gasteiger partial charge on any atom is -0.406 e. The van der Waals surface area contributed by atoms with Gasteiger partial charge < -0.3 is 15.2 Å². The summed E-state index contributed by atoms with van der Waals surface area (Å²) in [6.45, 7) is 1.05. The van der Waals surface area contributed by atoms with Crippen molar-refractivity contribution in [3.05, 3.63) is 65.2 Å². The summed E-state index contributed by atoms with van der Waals surface area (Å²) in [4.78, 5) is 0. The Bertz CT molecular complexity index is 597. The van der Waals surface area contributed by atoms with Gasteiger partial charge in [0, 0.05) is 13.1 Å². The van der Waals surface area contributed by atoms with Gasteiger partial charge >= 0.3 is 6.36 Å². The van der Waals surface area contributed by atoms with Crippen LogP contribution in [0.15, 0.2) is 48.5 Å². The molecule has 0 saturated heterocycles. The summed E-state index contributed by atoms with van der Waals surface area (Å²) in [5.41, 5.74) is 2.68. The number of hydrogen-bond donors (Lipinski definition) is 2. The van der Waals surface area contributed by atoms with Crippen molar-refractivity contribution in [2.24, 2.45) is 0 Å². The molecule has 0 aromatic heterocycles. The van der Waals surface area contributed by atoms with Gasteiger partial charge in [-0.25, -0.2) is 0 Å². The standard InChI is InChI=1S/C16H16F3NO2/c17-16(18,19)22-15-7-5-12(6-8-15)9-20-10-13-3-1-2-4-14(13)11-21/h1-8,20-21H,9-11H2.